The highest BCUT2D eigenvalue weighted by atomic mass is 16.0. The lowest BCUT2D eigenvalue weighted by molar-refractivity contribution is 0.320. The lowest BCUT2D eigenvalue weighted by atomic mass is 10.1. The second-order valence-electron chi connectivity index (χ2n) is 20.7. The molecule has 8 aliphatic heterocycles. The third-order valence-electron chi connectivity index (χ3n) is 13.9. The van der Waals surface area contributed by atoms with Crippen LogP contribution in [0.5, 0.6) is 0 Å². The van der Waals surface area contributed by atoms with Crippen molar-refractivity contribution in [1.29, 1.82) is 0 Å². The summed E-state index contributed by atoms with van der Waals surface area (Å²) in [6.45, 7) is 25.2. The molecule has 0 fully saturated rings. The van der Waals surface area contributed by atoms with Crippen molar-refractivity contribution in [2.75, 3.05) is 133 Å². The van der Waals surface area contributed by atoms with E-state index in [1.165, 1.54) is 95.9 Å². The topological polar surface area (TPSA) is 141 Å². The van der Waals surface area contributed by atoms with Crippen molar-refractivity contribution < 1.29 is 5.48 Å². The highest BCUT2D eigenvalue weighted by Gasteiger charge is 2.05. The maximum absolute atomic E-state index is 3.60. The van der Waals surface area contributed by atoms with Gasteiger partial charge in [-0.3, -0.25) is 0 Å². The Morgan fingerprint density at radius 3 is 0.438 bits per heavy atom. The van der Waals surface area contributed by atoms with Crippen LogP contribution in [0.25, 0.3) is 0 Å². The molecule has 13 heteroatoms. The number of nitrogens with one attached hydrogen (secondary N) is 8. The Labute approximate surface area is 444 Å². The Morgan fingerprint density at radius 1 is 0.219 bits per heavy atom. The van der Waals surface area contributed by atoms with Crippen LogP contribution in [0.1, 0.15) is 95.9 Å². The first-order chi connectivity index (χ1) is 35.4. The molecule has 8 aliphatic rings. The lowest BCUT2D eigenvalue weighted by Gasteiger charge is -2.17. The number of nitrogens with zero attached hydrogens (tertiary/aromatic N) is 4. The average molecular weight is 1010 g/mol. The van der Waals surface area contributed by atoms with E-state index in [1.807, 2.05) is 0 Å². The predicted octanol–water partition coefficient (Wildman–Crippen LogP) is 5.54. The minimum atomic E-state index is 0. The molecular weight excluding hydrogens is 905 g/mol. The van der Waals surface area contributed by atoms with Crippen LogP contribution in [0.3, 0.4) is 0 Å². The van der Waals surface area contributed by atoms with Gasteiger partial charge in [0.2, 0.25) is 0 Å². The standard InChI is InChI=1S/2C30H50N6.H2O/c2*1-35-19-3-15-31-23-27-7-11-29(12-8-27)25-33-17-5-21-36(2)22-6-18-34-26-30-13-9-28(10-14-30)24-32-16-4-20-35;/h2*7-14,31-34H,3-6,15-26H2,1-2H3;1H2. The summed E-state index contributed by atoms with van der Waals surface area (Å²) in [6, 6.07) is 36.2. The zero-order valence-corrected chi connectivity index (χ0v) is 46.2. The fourth-order valence-electron chi connectivity index (χ4n) is 9.20. The molecule has 0 atom stereocenters. The van der Waals surface area contributed by atoms with Gasteiger partial charge in [-0.1, -0.05) is 97.1 Å². The fraction of sp³-hybridized carbons (Fsp3) is 0.600. The van der Waals surface area contributed by atoms with E-state index in [9.17, 15) is 0 Å². The van der Waals surface area contributed by atoms with E-state index in [2.05, 4.69) is 187 Å². The smallest absolute Gasteiger partial charge is 0.0205 e. The first-order valence-electron chi connectivity index (χ1n) is 28.1. The minimum Gasteiger partial charge on any atom is -0.412 e. The summed E-state index contributed by atoms with van der Waals surface area (Å²) in [4.78, 5) is 9.79. The van der Waals surface area contributed by atoms with Gasteiger partial charge in [0.1, 0.15) is 0 Å². The van der Waals surface area contributed by atoms with E-state index in [0.717, 1.165) is 157 Å². The Hall–Kier alpha value is -3.64. The molecule has 0 unspecified atom stereocenters. The quantitative estimate of drug-likeness (QED) is 0.112. The van der Waals surface area contributed by atoms with Gasteiger partial charge in [-0.2, -0.15) is 0 Å². The van der Waals surface area contributed by atoms with Crippen LogP contribution < -0.4 is 42.5 Å². The molecule has 4 aromatic carbocycles. The van der Waals surface area contributed by atoms with Crippen LogP contribution in [0.4, 0.5) is 0 Å². The maximum Gasteiger partial charge on any atom is 0.0205 e. The molecule has 0 aromatic heterocycles. The molecule has 73 heavy (non-hydrogen) atoms. The molecule has 0 radical (unpaired) electrons. The van der Waals surface area contributed by atoms with Gasteiger partial charge >= 0.3 is 0 Å². The molecule has 8 bridgehead atoms. The summed E-state index contributed by atoms with van der Waals surface area (Å²) in [5, 5.41) is 28.8. The highest BCUT2D eigenvalue weighted by molar-refractivity contribution is 5.25. The van der Waals surface area contributed by atoms with Crippen molar-refractivity contribution in [3.63, 3.8) is 0 Å². The molecule has 0 saturated heterocycles. The van der Waals surface area contributed by atoms with E-state index in [-0.39, 0.29) is 5.48 Å². The van der Waals surface area contributed by atoms with E-state index in [0.29, 0.717) is 0 Å². The minimum absolute atomic E-state index is 0. The van der Waals surface area contributed by atoms with Crippen LogP contribution in [-0.2, 0) is 52.4 Å². The number of benzene rings is 4. The summed E-state index contributed by atoms with van der Waals surface area (Å²) in [7, 11) is 8.95. The van der Waals surface area contributed by atoms with Crippen molar-refractivity contribution in [2.45, 2.75) is 104 Å². The van der Waals surface area contributed by atoms with Crippen molar-refractivity contribution in [1.82, 2.24) is 62.1 Å². The molecule has 13 nitrogen and oxygen atoms in total. The van der Waals surface area contributed by atoms with Gasteiger partial charge in [-0.05, 0) is 229 Å². The van der Waals surface area contributed by atoms with Crippen molar-refractivity contribution >= 4 is 0 Å². The summed E-state index contributed by atoms with van der Waals surface area (Å²) in [5.74, 6) is 0. The highest BCUT2D eigenvalue weighted by Crippen LogP contribution is 2.09. The number of hydrogen-bond acceptors (Lipinski definition) is 12. The first kappa shape index (κ1) is 61.9. The van der Waals surface area contributed by atoms with Crippen molar-refractivity contribution in [3.8, 4) is 0 Å². The average Bonchev–Trinajstić information content (AvgIpc) is 3.39. The predicted molar refractivity (Wildman–Crippen MR) is 310 cm³/mol. The molecule has 4 aromatic rings. The van der Waals surface area contributed by atoms with Gasteiger partial charge in [-0.25, -0.2) is 0 Å². The van der Waals surface area contributed by atoms with Gasteiger partial charge < -0.3 is 67.6 Å². The largest absolute Gasteiger partial charge is 0.412 e. The lowest BCUT2D eigenvalue weighted by Crippen LogP contribution is -2.27. The third kappa shape index (κ3) is 29.9. The van der Waals surface area contributed by atoms with Gasteiger partial charge in [-0.15, -0.1) is 0 Å². The van der Waals surface area contributed by atoms with E-state index in [4.69, 9.17) is 0 Å². The zero-order valence-electron chi connectivity index (χ0n) is 46.2. The van der Waals surface area contributed by atoms with E-state index in [1.54, 1.807) is 0 Å². The van der Waals surface area contributed by atoms with Crippen LogP contribution in [0, 0.1) is 0 Å². The Morgan fingerprint density at radius 2 is 0.329 bits per heavy atom. The number of rotatable bonds is 0. The summed E-state index contributed by atoms with van der Waals surface area (Å²) in [5.41, 5.74) is 10.9. The first-order valence-corrected chi connectivity index (χ1v) is 28.1. The molecule has 0 spiro atoms. The molecule has 12 rings (SSSR count). The van der Waals surface area contributed by atoms with Crippen LogP contribution in [0.2, 0.25) is 0 Å². The van der Waals surface area contributed by atoms with Gasteiger partial charge in [0.05, 0.1) is 0 Å². The summed E-state index contributed by atoms with van der Waals surface area (Å²) in [6.07, 6.45) is 9.46. The monoisotopic (exact) mass is 1010 g/mol. The Kier molecular flexibility index (Phi) is 33.7. The van der Waals surface area contributed by atoms with E-state index >= 15 is 0 Å². The second-order valence-corrected chi connectivity index (χ2v) is 20.7. The van der Waals surface area contributed by atoms with Gasteiger partial charge in [0.15, 0.2) is 0 Å². The molecule has 10 N–H and O–H groups in total. The van der Waals surface area contributed by atoms with Crippen molar-refractivity contribution in [3.05, 3.63) is 142 Å². The summed E-state index contributed by atoms with van der Waals surface area (Å²) < 4.78 is 0. The van der Waals surface area contributed by atoms with Crippen molar-refractivity contribution in [2.24, 2.45) is 0 Å². The molecular formula is C60H102N12O. The van der Waals surface area contributed by atoms with Gasteiger partial charge in [0.25, 0.3) is 0 Å². The Balaban J connectivity index is 0.000000312. The zero-order chi connectivity index (χ0) is 50.5. The molecule has 0 amide bonds. The summed E-state index contributed by atoms with van der Waals surface area (Å²) >= 11 is 0. The van der Waals surface area contributed by atoms with Gasteiger partial charge in [0, 0.05) is 52.4 Å². The molecule has 8 heterocycles. The SMILES string of the molecule is CN1CCCNCc2ccc(cc2)CNCCCN(C)CCCNCc2ccc(cc2)CNCCC1.CN1CCCNCc2ccc(cc2)CNCCCN(C)CCCNCc2ccc(cc2)CNCCC1.O. The Bertz CT molecular complexity index is 1490. The molecule has 0 saturated carbocycles. The fourth-order valence-corrected chi connectivity index (χ4v) is 9.20. The van der Waals surface area contributed by atoms with Crippen LogP contribution in [-0.4, -0.2) is 158 Å². The van der Waals surface area contributed by atoms with E-state index < -0.39 is 0 Å². The number of hydrogen-bond donors (Lipinski definition) is 8. The maximum atomic E-state index is 3.60. The van der Waals surface area contributed by atoms with Crippen LogP contribution >= 0.6 is 0 Å². The molecule has 0 aliphatic carbocycles. The normalized spacial score (nSPS) is 20.0. The molecule has 408 valence electrons. The van der Waals surface area contributed by atoms with Crippen LogP contribution in [0.15, 0.2) is 97.1 Å². The second kappa shape index (κ2) is 39.7. The third-order valence-corrected chi connectivity index (χ3v) is 13.9.